The number of aromatic nitrogens is 1. The summed E-state index contributed by atoms with van der Waals surface area (Å²) in [6.45, 7) is 0. The van der Waals surface area contributed by atoms with Crippen LogP contribution in [0.4, 0.5) is 13.9 Å². The number of carbonyl (C=O) groups is 1. The standard InChI is InChI=1S/C25H15F2N3OS/c26-20-9-5-16(6-10-20)15-28-30(25-29-22-12-11-21(27)14-23(22)32-25)24(31)19-8-7-17-3-1-2-4-18(17)13-19/h1-15H/b28-15+. The van der Waals surface area contributed by atoms with Gasteiger partial charge >= 0.3 is 0 Å². The molecule has 0 saturated heterocycles. The van der Waals surface area contributed by atoms with Crippen molar-refractivity contribution < 1.29 is 13.6 Å². The number of fused-ring (bicyclic) bond motifs is 2. The number of nitrogens with zero attached hydrogens (tertiary/aromatic N) is 3. The zero-order valence-corrected chi connectivity index (χ0v) is 17.4. The molecule has 0 aliphatic heterocycles. The molecule has 1 heterocycles. The first kappa shape index (κ1) is 20.0. The first-order chi connectivity index (χ1) is 15.6. The summed E-state index contributed by atoms with van der Waals surface area (Å²) in [5, 5.41) is 7.79. The van der Waals surface area contributed by atoms with E-state index in [9.17, 15) is 13.6 Å². The quantitative estimate of drug-likeness (QED) is 0.238. The summed E-state index contributed by atoms with van der Waals surface area (Å²) >= 11 is 1.16. The van der Waals surface area contributed by atoms with Crippen LogP contribution in [0.15, 0.2) is 90.0 Å². The fourth-order valence-electron chi connectivity index (χ4n) is 3.28. The maximum absolute atomic E-state index is 13.7. The molecule has 0 aliphatic rings. The Kier molecular flexibility index (Phi) is 5.17. The third kappa shape index (κ3) is 3.98. The van der Waals surface area contributed by atoms with Crippen LogP contribution in [0.3, 0.4) is 0 Å². The maximum atomic E-state index is 13.7. The average Bonchev–Trinajstić information content (AvgIpc) is 3.22. The number of rotatable bonds is 4. The number of hydrazone groups is 1. The number of benzene rings is 4. The number of anilines is 1. The summed E-state index contributed by atoms with van der Waals surface area (Å²) in [5.74, 6) is -1.12. The molecule has 7 heteroatoms. The van der Waals surface area contributed by atoms with Gasteiger partial charge in [0.15, 0.2) is 0 Å². The molecule has 0 aliphatic carbocycles. The Morgan fingerprint density at radius 3 is 2.44 bits per heavy atom. The number of hydrogen-bond acceptors (Lipinski definition) is 4. The molecule has 0 fully saturated rings. The van der Waals surface area contributed by atoms with Crippen LogP contribution in [-0.4, -0.2) is 17.1 Å². The summed E-state index contributed by atoms with van der Waals surface area (Å²) in [7, 11) is 0. The predicted molar refractivity (Wildman–Crippen MR) is 124 cm³/mol. The molecular weight excluding hydrogens is 428 g/mol. The Morgan fingerprint density at radius 1 is 0.875 bits per heavy atom. The SMILES string of the molecule is O=C(c1ccc2ccccc2c1)N(/N=C/c1ccc(F)cc1)c1nc2ccc(F)cc2s1. The molecule has 0 spiro atoms. The Morgan fingerprint density at radius 2 is 1.62 bits per heavy atom. The minimum atomic E-state index is -0.381. The molecule has 5 aromatic rings. The molecule has 5 rings (SSSR count). The van der Waals surface area contributed by atoms with Gasteiger partial charge < -0.3 is 0 Å². The zero-order chi connectivity index (χ0) is 22.1. The Bertz CT molecular complexity index is 1480. The Hall–Kier alpha value is -3.97. The largest absolute Gasteiger partial charge is 0.280 e. The van der Waals surface area contributed by atoms with Gasteiger partial charge in [-0.1, -0.05) is 53.8 Å². The van der Waals surface area contributed by atoms with E-state index in [1.165, 1.54) is 35.5 Å². The van der Waals surface area contributed by atoms with Gasteiger partial charge in [0.2, 0.25) is 5.13 Å². The van der Waals surface area contributed by atoms with Crippen molar-refractivity contribution in [2.45, 2.75) is 0 Å². The minimum Gasteiger partial charge on any atom is -0.267 e. The van der Waals surface area contributed by atoms with Gasteiger partial charge in [0.25, 0.3) is 5.91 Å². The third-order valence-corrected chi connectivity index (χ3v) is 5.90. The minimum absolute atomic E-state index is 0.308. The van der Waals surface area contributed by atoms with E-state index in [2.05, 4.69) is 10.1 Å². The maximum Gasteiger partial charge on any atom is 0.280 e. The van der Waals surface area contributed by atoms with Crippen LogP contribution in [0.25, 0.3) is 21.0 Å². The predicted octanol–water partition coefficient (Wildman–Crippen LogP) is 6.41. The second kappa shape index (κ2) is 8.28. The number of carbonyl (C=O) groups excluding carboxylic acids is 1. The average molecular weight is 443 g/mol. The molecule has 1 aromatic heterocycles. The summed E-state index contributed by atoms with van der Waals surface area (Å²) in [6.07, 6.45) is 1.46. The number of hydrogen-bond donors (Lipinski definition) is 0. The van der Waals surface area contributed by atoms with Crippen molar-refractivity contribution in [3.8, 4) is 0 Å². The second-order valence-corrected chi connectivity index (χ2v) is 8.09. The monoisotopic (exact) mass is 443 g/mol. The van der Waals surface area contributed by atoms with E-state index in [-0.39, 0.29) is 17.5 Å². The fraction of sp³-hybridized carbons (Fsp3) is 0. The molecule has 1 amide bonds. The van der Waals surface area contributed by atoms with E-state index >= 15 is 0 Å². The van der Waals surface area contributed by atoms with Crippen LogP contribution >= 0.6 is 11.3 Å². The smallest absolute Gasteiger partial charge is 0.267 e. The van der Waals surface area contributed by atoms with Gasteiger partial charge in [-0.3, -0.25) is 4.79 Å². The van der Waals surface area contributed by atoms with Gasteiger partial charge in [0.1, 0.15) is 11.6 Å². The van der Waals surface area contributed by atoms with Crippen LogP contribution in [0.5, 0.6) is 0 Å². The van der Waals surface area contributed by atoms with Crippen LogP contribution in [0.2, 0.25) is 0 Å². The lowest BCUT2D eigenvalue weighted by Crippen LogP contribution is -2.25. The van der Waals surface area contributed by atoms with E-state index in [0.717, 1.165) is 22.1 Å². The highest BCUT2D eigenvalue weighted by Gasteiger charge is 2.21. The zero-order valence-electron chi connectivity index (χ0n) is 16.6. The van der Waals surface area contributed by atoms with Crippen molar-refractivity contribution in [2.24, 2.45) is 5.10 Å². The molecule has 0 bridgehead atoms. The summed E-state index contributed by atoms with van der Waals surface area (Å²) in [5.41, 5.74) is 1.62. The molecule has 156 valence electrons. The van der Waals surface area contributed by atoms with Crippen molar-refractivity contribution in [2.75, 3.05) is 5.01 Å². The summed E-state index contributed by atoms with van der Waals surface area (Å²) in [4.78, 5) is 17.9. The van der Waals surface area contributed by atoms with Crippen molar-refractivity contribution in [3.05, 3.63) is 108 Å². The lowest BCUT2D eigenvalue weighted by molar-refractivity contribution is 0.0988. The van der Waals surface area contributed by atoms with Crippen LogP contribution < -0.4 is 5.01 Å². The van der Waals surface area contributed by atoms with Crippen LogP contribution in [0.1, 0.15) is 15.9 Å². The highest BCUT2D eigenvalue weighted by molar-refractivity contribution is 7.22. The number of amides is 1. The van der Waals surface area contributed by atoms with Crippen LogP contribution in [0, 0.1) is 11.6 Å². The van der Waals surface area contributed by atoms with Gasteiger partial charge in [-0.05, 0) is 58.8 Å². The molecule has 0 radical (unpaired) electrons. The van der Waals surface area contributed by atoms with E-state index < -0.39 is 0 Å². The van der Waals surface area contributed by atoms with E-state index in [4.69, 9.17) is 0 Å². The van der Waals surface area contributed by atoms with Gasteiger partial charge in [-0.2, -0.15) is 10.1 Å². The van der Waals surface area contributed by atoms with Gasteiger partial charge in [0, 0.05) is 5.56 Å². The molecule has 4 aromatic carbocycles. The van der Waals surface area contributed by atoms with Crippen molar-refractivity contribution in [3.63, 3.8) is 0 Å². The van der Waals surface area contributed by atoms with Gasteiger partial charge in [-0.25, -0.2) is 13.8 Å². The first-order valence-electron chi connectivity index (χ1n) is 9.76. The fourth-order valence-corrected chi connectivity index (χ4v) is 4.23. The summed E-state index contributed by atoms with van der Waals surface area (Å²) in [6, 6.07) is 23.2. The summed E-state index contributed by atoms with van der Waals surface area (Å²) < 4.78 is 27.5. The molecule has 32 heavy (non-hydrogen) atoms. The Balaban J connectivity index is 1.58. The molecule has 0 saturated carbocycles. The number of thiazole rings is 1. The molecule has 0 unspecified atom stereocenters. The lowest BCUT2D eigenvalue weighted by Gasteiger charge is -2.14. The van der Waals surface area contributed by atoms with E-state index in [1.807, 2.05) is 30.3 Å². The Labute approximate surface area is 186 Å². The highest BCUT2D eigenvalue weighted by Crippen LogP contribution is 2.31. The molecule has 4 nitrogen and oxygen atoms in total. The topological polar surface area (TPSA) is 45.6 Å². The highest BCUT2D eigenvalue weighted by atomic mass is 32.1. The molecular formula is C25H15F2N3OS. The van der Waals surface area contributed by atoms with Gasteiger partial charge in [0.05, 0.1) is 16.4 Å². The molecule has 0 N–H and O–H groups in total. The molecule has 0 atom stereocenters. The number of halogens is 2. The van der Waals surface area contributed by atoms with E-state index in [1.54, 1.807) is 30.3 Å². The van der Waals surface area contributed by atoms with Crippen molar-refractivity contribution in [1.82, 2.24) is 4.98 Å². The van der Waals surface area contributed by atoms with Crippen molar-refractivity contribution in [1.29, 1.82) is 0 Å². The second-order valence-electron chi connectivity index (χ2n) is 7.08. The normalized spacial score (nSPS) is 11.4. The third-order valence-electron chi connectivity index (χ3n) is 4.90. The van der Waals surface area contributed by atoms with Crippen LogP contribution in [-0.2, 0) is 0 Å². The van der Waals surface area contributed by atoms with E-state index in [0.29, 0.717) is 26.5 Å². The lowest BCUT2D eigenvalue weighted by atomic mass is 10.1. The van der Waals surface area contributed by atoms with Crippen molar-refractivity contribution >= 4 is 49.6 Å². The first-order valence-corrected chi connectivity index (χ1v) is 10.6. The van der Waals surface area contributed by atoms with Gasteiger partial charge in [-0.15, -0.1) is 0 Å².